The maximum atomic E-state index is 6.00. The predicted molar refractivity (Wildman–Crippen MR) is 86.5 cm³/mol. The van der Waals surface area contributed by atoms with Crippen LogP contribution in [0.4, 0.5) is 0 Å². The van der Waals surface area contributed by atoms with Crippen molar-refractivity contribution in [1.29, 1.82) is 0 Å². The number of nitrogens with two attached hydrogens (primary N) is 1. The topological polar surface area (TPSA) is 68.2 Å². The van der Waals surface area contributed by atoms with Crippen molar-refractivity contribution >= 4 is 11.6 Å². The van der Waals surface area contributed by atoms with Crippen LogP contribution in [0.2, 0.25) is 5.02 Å². The SMILES string of the molecule is NCCC1CCCCN1Cc1nc(-c2cccc(Cl)c2)no1. The predicted octanol–water partition coefficient (Wildman–Crippen LogP) is 3.09. The number of rotatable bonds is 5. The van der Waals surface area contributed by atoms with Crippen LogP contribution in [0.15, 0.2) is 28.8 Å². The highest BCUT2D eigenvalue weighted by atomic mass is 35.5. The van der Waals surface area contributed by atoms with Crippen molar-refractivity contribution in [3.8, 4) is 11.4 Å². The zero-order valence-corrected chi connectivity index (χ0v) is 13.3. The lowest BCUT2D eigenvalue weighted by atomic mass is 9.99. The van der Waals surface area contributed by atoms with E-state index in [1.807, 2.05) is 24.3 Å². The first-order valence-corrected chi connectivity index (χ1v) is 8.16. The molecule has 1 fully saturated rings. The maximum absolute atomic E-state index is 6.00. The summed E-state index contributed by atoms with van der Waals surface area (Å²) in [6, 6.07) is 8.01. The highest BCUT2D eigenvalue weighted by Gasteiger charge is 2.23. The Balaban J connectivity index is 1.71. The molecule has 1 saturated heterocycles. The summed E-state index contributed by atoms with van der Waals surface area (Å²) >= 11 is 6.00. The highest BCUT2D eigenvalue weighted by Crippen LogP contribution is 2.23. The molecule has 2 heterocycles. The molecule has 6 heteroatoms. The molecule has 0 aliphatic carbocycles. The van der Waals surface area contributed by atoms with Crippen LogP contribution in [-0.2, 0) is 6.54 Å². The van der Waals surface area contributed by atoms with Crippen LogP contribution in [0, 0.1) is 0 Å². The van der Waals surface area contributed by atoms with Crippen LogP contribution in [0.5, 0.6) is 0 Å². The van der Waals surface area contributed by atoms with Gasteiger partial charge < -0.3 is 10.3 Å². The second-order valence-corrected chi connectivity index (χ2v) is 6.16. The van der Waals surface area contributed by atoms with Crippen molar-refractivity contribution in [2.24, 2.45) is 5.73 Å². The van der Waals surface area contributed by atoms with E-state index in [9.17, 15) is 0 Å². The molecule has 1 aliphatic heterocycles. The normalized spacial score (nSPS) is 19.5. The quantitative estimate of drug-likeness (QED) is 0.916. The van der Waals surface area contributed by atoms with Crippen molar-refractivity contribution in [1.82, 2.24) is 15.0 Å². The summed E-state index contributed by atoms with van der Waals surface area (Å²) in [6.07, 6.45) is 4.72. The van der Waals surface area contributed by atoms with E-state index in [1.165, 1.54) is 19.3 Å². The van der Waals surface area contributed by atoms with Gasteiger partial charge in [0.2, 0.25) is 11.7 Å². The molecule has 1 aromatic carbocycles. The number of benzene rings is 1. The van der Waals surface area contributed by atoms with Crippen LogP contribution >= 0.6 is 11.6 Å². The molecule has 0 saturated carbocycles. The van der Waals surface area contributed by atoms with E-state index in [2.05, 4.69) is 15.0 Å². The molecule has 0 spiro atoms. The van der Waals surface area contributed by atoms with Crippen molar-refractivity contribution in [3.63, 3.8) is 0 Å². The lowest BCUT2D eigenvalue weighted by molar-refractivity contribution is 0.118. The van der Waals surface area contributed by atoms with E-state index in [-0.39, 0.29) is 0 Å². The number of nitrogens with zero attached hydrogens (tertiary/aromatic N) is 3. The van der Waals surface area contributed by atoms with Gasteiger partial charge in [-0.2, -0.15) is 4.98 Å². The fourth-order valence-electron chi connectivity index (χ4n) is 3.03. The molecule has 1 unspecified atom stereocenters. The minimum Gasteiger partial charge on any atom is -0.338 e. The first-order valence-electron chi connectivity index (χ1n) is 7.79. The fraction of sp³-hybridized carbons (Fsp3) is 0.500. The van der Waals surface area contributed by atoms with Gasteiger partial charge in [0.15, 0.2) is 0 Å². The van der Waals surface area contributed by atoms with Gasteiger partial charge in [-0.15, -0.1) is 0 Å². The zero-order valence-electron chi connectivity index (χ0n) is 12.5. The molecule has 1 aromatic heterocycles. The van der Waals surface area contributed by atoms with E-state index in [1.54, 1.807) is 0 Å². The monoisotopic (exact) mass is 320 g/mol. The summed E-state index contributed by atoms with van der Waals surface area (Å²) in [5.41, 5.74) is 6.59. The van der Waals surface area contributed by atoms with Gasteiger partial charge in [0.1, 0.15) is 0 Å². The lowest BCUT2D eigenvalue weighted by Gasteiger charge is -2.34. The zero-order chi connectivity index (χ0) is 15.4. The Bertz CT molecular complexity index is 614. The minimum absolute atomic E-state index is 0.528. The molecule has 1 atom stereocenters. The van der Waals surface area contributed by atoms with Crippen molar-refractivity contribution in [2.75, 3.05) is 13.1 Å². The summed E-state index contributed by atoms with van der Waals surface area (Å²) in [5, 5.41) is 4.74. The van der Waals surface area contributed by atoms with Crippen molar-refractivity contribution < 1.29 is 4.52 Å². The Morgan fingerprint density at radius 1 is 1.36 bits per heavy atom. The third kappa shape index (κ3) is 3.66. The Hall–Kier alpha value is -1.43. The van der Waals surface area contributed by atoms with E-state index in [4.69, 9.17) is 21.9 Å². The molecule has 2 N–H and O–H groups in total. The molecule has 0 amide bonds. The molecular weight excluding hydrogens is 300 g/mol. The number of piperidine rings is 1. The van der Waals surface area contributed by atoms with Gasteiger partial charge in [0.25, 0.3) is 0 Å². The maximum Gasteiger partial charge on any atom is 0.241 e. The average molecular weight is 321 g/mol. The van der Waals surface area contributed by atoms with Crippen LogP contribution in [0.25, 0.3) is 11.4 Å². The second-order valence-electron chi connectivity index (χ2n) is 5.72. The summed E-state index contributed by atoms with van der Waals surface area (Å²) in [5.74, 6) is 1.24. The standard InChI is InChI=1S/C16H21ClN4O/c17-13-5-3-4-12(10-13)16-19-15(22-20-16)11-21-9-2-1-6-14(21)7-8-18/h3-5,10,14H,1-2,6-9,11,18H2. The molecule has 22 heavy (non-hydrogen) atoms. The Morgan fingerprint density at radius 2 is 2.27 bits per heavy atom. The second kappa shape index (κ2) is 7.22. The van der Waals surface area contributed by atoms with Crippen LogP contribution < -0.4 is 5.73 Å². The number of aromatic nitrogens is 2. The number of hydrogen-bond donors (Lipinski definition) is 1. The molecule has 3 rings (SSSR count). The summed E-state index contributed by atoms with van der Waals surface area (Å²) in [6.45, 7) is 2.48. The Kier molecular flexibility index (Phi) is 5.08. The van der Waals surface area contributed by atoms with Gasteiger partial charge in [0, 0.05) is 16.6 Å². The summed E-state index contributed by atoms with van der Waals surface area (Å²) in [7, 11) is 0. The molecule has 2 aromatic rings. The number of halogens is 1. The molecule has 0 radical (unpaired) electrons. The van der Waals surface area contributed by atoms with Gasteiger partial charge in [-0.1, -0.05) is 35.3 Å². The van der Waals surface area contributed by atoms with E-state index in [0.29, 0.717) is 29.3 Å². The summed E-state index contributed by atoms with van der Waals surface area (Å²) in [4.78, 5) is 6.91. The number of likely N-dealkylation sites (tertiary alicyclic amines) is 1. The minimum atomic E-state index is 0.528. The van der Waals surface area contributed by atoms with Gasteiger partial charge >= 0.3 is 0 Å². The Labute approximate surface area is 135 Å². The van der Waals surface area contributed by atoms with E-state index >= 15 is 0 Å². The average Bonchev–Trinajstić information content (AvgIpc) is 2.98. The van der Waals surface area contributed by atoms with Crippen LogP contribution in [0.1, 0.15) is 31.6 Å². The molecule has 5 nitrogen and oxygen atoms in total. The fourth-order valence-corrected chi connectivity index (χ4v) is 3.22. The van der Waals surface area contributed by atoms with Crippen LogP contribution in [-0.4, -0.2) is 34.2 Å². The largest absolute Gasteiger partial charge is 0.338 e. The van der Waals surface area contributed by atoms with Crippen molar-refractivity contribution in [2.45, 2.75) is 38.3 Å². The van der Waals surface area contributed by atoms with Gasteiger partial charge in [-0.25, -0.2) is 0 Å². The Morgan fingerprint density at radius 3 is 3.09 bits per heavy atom. The third-order valence-corrected chi connectivity index (χ3v) is 4.37. The van der Waals surface area contributed by atoms with Gasteiger partial charge in [-0.05, 0) is 44.5 Å². The highest BCUT2D eigenvalue weighted by molar-refractivity contribution is 6.30. The molecular formula is C16H21ClN4O. The third-order valence-electron chi connectivity index (χ3n) is 4.14. The molecule has 0 bridgehead atoms. The van der Waals surface area contributed by atoms with E-state index < -0.39 is 0 Å². The van der Waals surface area contributed by atoms with Gasteiger partial charge in [-0.3, -0.25) is 4.90 Å². The molecule has 118 valence electrons. The van der Waals surface area contributed by atoms with Crippen LogP contribution in [0.3, 0.4) is 0 Å². The van der Waals surface area contributed by atoms with Crippen molar-refractivity contribution in [3.05, 3.63) is 35.2 Å². The lowest BCUT2D eigenvalue weighted by Crippen LogP contribution is -2.40. The first kappa shape index (κ1) is 15.5. The van der Waals surface area contributed by atoms with Gasteiger partial charge in [0.05, 0.1) is 6.54 Å². The summed E-state index contributed by atoms with van der Waals surface area (Å²) < 4.78 is 5.41. The smallest absolute Gasteiger partial charge is 0.241 e. The first-order chi connectivity index (χ1) is 10.8. The molecule has 1 aliphatic rings. The van der Waals surface area contributed by atoms with E-state index in [0.717, 1.165) is 25.1 Å². The number of hydrogen-bond acceptors (Lipinski definition) is 5.